The minimum absolute atomic E-state index is 0.0376. The lowest BCUT2D eigenvalue weighted by Gasteiger charge is -2.03. The maximum absolute atomic E-state index is 10.9. The van der Waals surface area contributed by atoms with Crippen LogP contribution in [0.3, 0.4) is 0 Å². The first-order valence-corrected chi connectivity index (χ1v) is 5.92. The maximum atomic E-state index is 10.9. The molecule has 0 spiro atoms. The summed E-state index contributed by atoms with van der Waals surface area (Å²) in [5, 5.41) is 24.6. The molecule has 2 heterocycles. The van der Waals surface area contributed by atoms with Crippen molar-refractivity contribution < 1.29 is 14.8 Å². The zero-order chi connectivity index (χ0) is 14.0. The summed E-state index contributed by atoms with van der Waals surface area (Å²) in [4.78, 5) is 28.8. The number of hydrogen-bond acceptors (Lipinski definition) is 7. The first kappa shape index (κ1) is 12.9. The van der Waals surface area contributed by atoms with E-state index >= 15 is 0 Å². The van der Waals surface area contributed by atoms with Crippen LogP contribution in [0.5, 0.6) is 0 Å². The molecule has 0 saturated carbocycles. The number of aromatic carboxylic acids is 1. The Hall–Kier alpha value is -2.55. The van der Waals surface area contributed by atoms with Crippen molar-refractivity contribution in [2.75, 3.05) is 5.32 Å². The average Bonchev–Trinajstić information content (AvgIpc) is 2.74. The molecule has 19 heavy (non-hydrogen) atoms. The third kappa shape index (κ3) is 2.83. The number of aromatic nitrogens is 2. The van der Waals surface area contributed by atoms with Gasteiger partial charge in [0.25, 0.3) is 0 Å². The van der Waals surface area contributed by atoms with Gasteiger partial charge >= 0.3 is 11.7 Å². The van der Waals surface area contributed by atoms with Crippen LogP contribution in [0.2, 0.25) is 0 Å². The van der Waals surface area contributed by atoms with Gasteiger partial charge in [-0.1, -0.05) is 0 Å². The van der Waals surface area contributed by atoms with Crippen LogP contribution in [0.1, 0.15) is 16.1 Å². The van der Waals surface area contributed by atoms with Gasteiger partial charge in [0.05, 0.1) is 16.2 Å². The van der Waals surface area contributed by atoms with Gasteiger partial charge in [0.1, 0.15) is 0 Å². The second-order valence-corrected chi connectivity index (χ2v) is 4.43. The second kappa shape index (κ2) is 4.98. The Morgan fingerprint density at radius 1 is 1.58 bits per heavy atom. The van der Waals surface area contributed by atoms with E-state index in [0.29, 0.717) is 5.13 Å². The Labute approximate surface area is 110 Å². The maximum Gasteiger partial charge on any atom is 0.337 e. The molecular weight excluding hydrogens is 272 g/mol. The first-order chi connectivity index (χ1) is 8.97. The molecule has 0 saturated heterocycles. The second-order valence-electron chi connectivity index (χ2n) is 3.57. The van der Waals surface area contributed by atoms with Gasteiger partial charge in [-0.15, -0.1) is 11.3 Å². The molecule has 0 radical (unpaired) electrons. The van der Waals surface area contributed by atoms with E-state index in [4.69, 9.17) is 5.11 Å². The molecule has 98 valence electrons. The van der Waals surface area contributed by atoms with Gasteiger partial charge < -0.3 is 10.4 Å². The van der Waals surface area contributed by atoms with Crippen LogP contribution >= 0.6 is 11.3 Å². The number of thiazole rings is 1. The van der Waals surface area contributed by atoms with Crippen LogP contribution in [0.15, 0.2) is 17.6 Å². The lowest BCUT2D eigenvalue weighted by atomic mass is 10.2. The SMILES string of the molecule is Cc1csc(Nc2ncc(C(=O)O)cc2[N+](=O)[O-])n1. The molecule has 8 nitrogen and oxygen atoms in total. The Balaban J connectivity index is 2.39. The van der Waals surface area contributed by atoms with Crippen molar-refractivity contribution in [3.63, 3.8) is 0 Å². The fraction of sp³-hybridized carbons (Fsp3) is 0.100. The van der Waals surface area contributed by atoms with Gasteiger partial charge in [-0.05, 0) is 6.92 Å². The number of nitrogens with one attached hydrogen (secondary N) is 1. The zero-order valence-corrected chi connectivity index (χ0v) is 10.5. The van der Waals surface area contributed by atoms with E-state index in [0.717, 1.165) is 18.0 Å². The van der Waals surface area contributed by atoms with Crippen molar-refractivity contribution in [1.82, 2.24) is 9.97 Å². The third-order valence-corrected chi connectivity index (χ3v) is 3.03. The number of rotatable bonds is 4. The highest BCUT2D eigenvalue weighted by Gasteiger charge is 2.19. The van der Waals surface area contributed by atoms with Crippen molar-refractivity contribution in [2.24, 2.45) is 0 Å². The predicted octanol–water partition coefficient (Wildman–Crippen LogP) is 2.20. The summed E-state index contributed by atoms with van der Waals surface area (Å²) in [7, 11) is 0. The highest BCUT2D eigenvalue weighted by atomic mass is 32.1. The summed E-state index contributed by atoms with van der Waals surface area (Å²) < 4.78 is 0. The number of carboxylic acid groups (broad SMARTS) is 1. The van der Waals surface area contributed by atoms with E-state index < -0.39 is 16.6 Å². The number of nitrogens with zero attached hydrogens (tertiary/aromatic N) is 3. The summed E-state index contributed by atoms with van der Waals surface area (Å²) in [6.45, 7) is 1.79. The van der Waals surface area contributed by atoms with Gasteiger partial charge in [-0.3, -0.25) is 10.1 Å². The summed E-state index contributed by atoms with van der Waals surface area (Å²) >= 11 is 1.27. The Kier molecular flexibility index (Phi) is 3.38. The number of carboxylic acids is 1. The van der Waals surface area contributed by atoms with Crippen molar-refractivity contribution in [2.45, 2.75) is 6.92 Å². The molecule has 0 fully saturated rings. The quantitative estimate of drug-likeness (QED) is 0.650. The molecule has 0 atom stereocenters. The Morgan fingerprint density at radius 2 is 2.32 bits per heavy atom. The van der Waals surface area contributed by atoms with Gasteiger partial charge in [0.15, 0.2) is 5.13 Å². The Bertz CT molecular complexity index is 655. The number of nitro groups is 1. The highest BCUT2D eigenvalue weighted by Crippen LogP contribution is 2.27. The van der Waals surface area contributed by atoms with E-state index in [-0.39, 0.29) is 11.4 Å². The molecule has 0 aliphatic heterocycles. The van der Waals surface area contributed by atoms with Crippen LogP contribution in [-0.4, -0.2) is 26.0 Å². The molecule has 0 aliphatic rings. The standard InChI is InChI=1S/C10H8N4O4S/c1-5-4-19-10(12-5)13-8-7(14(17)18)2-6(3-11-8)9(15)16/h2-4H,1H3,(H,15,16)(H,11,12,13). The molecule has 9 heteroatoms. The van der Waals surface area contributed by atoms with Crippen molar-refractivity contribution in [1.29, 1.82) is 0 Å². The molecule has 2 rings (SSSR count). The summed E-state index contributed by atoms with van der Waals surface area (Å²) in [5.41, 5.74) is 0.123. The molecule has 0 bridgehead atoms. The van der Waals surface area contributed by atoms with E-state index in [1.54, 1.807) is 12.3 Å². The van der Waals surface area contributed by atoms with Gasteiger partial charge in [-0.25, -0.2) is 14.8 Å². The number of anilines is 2. The molecule has 0 aromatic carbocycles. The Morgan fingerprint density at radius 3 is 2.84 bits per heavy atom. The topological polar surface area (TPSA) is 118 Å². The monoisotopic (exact) mass is 280 g/mol. The van der Waals surface area contributed by atoms with Crippen LogP contribution in [-0.2, 0) is 0 Å². The van der Waals surface area contributed by atoms with Gasteiger partial charge in [-0.2, -0.15) is 0 Å². The molecule has 0 amide bonds. The summed E-state index contributed by atoms with van der Waals surface area (Å²) in [6.07, 6.45) is 1.05. The van der Waals surface area contributed by atoms with Crippen LogP contribution in [0.25, 0.3) is 0 Å². The van der Waals surface area contributed by atoms with Crippen molar-refractivity contribution >= 4 is 33.9 Å². The molecule has 0 aliphatic carbocycles. The normalized spacial score (nSPS) is 10.2. The minimum atomic E-state index is -1.27. The molecule has 2 aromatic heterocycles. The zero-order valence-electron chi connectivity index (χ0n) is 9.65. The average molecular weight is 280 g/mol. The molecule has 0 unspecified atom stereocenters. The molecule has 2 N–H and O–H groups in total. The molecular formula is C10H8N4O4S. The van der Waals surface area contributed by atoms with E-state index in [9.17, 15) is 14.9 Å². The highest BCUT2D eigenvalue weighted by molar-refractivity contribution is 7.13. The summed E-state index contributed by atoms with van der Waals surface area (Å²) in [6, 6.07) is 0.956. The number of pyridine rings is 1. The fourth-order valence-electron chi connectivity index (χ4n) is 1.32. The minimum Gasteiger partial charge on any atom is -0.478 e. The predicted molar refractivity (Wildman–Crippen MR) is 68.0 cm³/mol. The fourth-order valence-corrected chi connectivity index (χ4v) is 2.01. The van der Waals surface area contributed by atoms with E-state index in [1.807, 2.05) is 0 Å². The van der Waals surface area contributed by atoms with Crippen LogP contribution in [0, 0.1) is 17.0 Å². The molecule has 2 aromatic rings. The smallest absolute Gasteiger partial charge is 0.337 e. The third-order valence-electron chi connectivity index (χ3n) is 2.16. The number of hydrogen-bond donors (Lipinski definition) is 2. The lowest BCUT2D eigenvalue weighted by Crippen LogP contribution is -2.04. The van der Waals surface area contributed by atoms with Crippen molar-refractivity contribution in [3.8, 4) is 0 Å². The van der Waals surface area contributed by atoms with Crippen LogP contribution in [0.4, 0.5) is 16.6 Å². The largest absolute Gasteiger partial charge is 0.478 e. The van der Waals surface area contributed by atoms with Gasteiger partial charge in [0, 0.05) is 17.6 Å². The van der Waals surface area contributed by atoms with Crippen molar-refractivity contribution in [3.05, 3.63) is 39.0 Å². The van der Waals surface area contributed by atoms with Gasteiger partial charge in [0.2, 0.25) is 5.82 Å². The first-order valence-electron chi connectivity index (χ1n) is 5.04. The number of carbonyl (C=O) groups is 1. The van der Waals surface area contributed by atoms with Crippen LogP contribution < -0.4 is 5.32 Å². The number of aryl methyl sites for hydroxylation is 1. The summed E-state index contributed by atoms with van der Waals surface area (Å²) in [5.74, 6) is -1.31. The van der Waals surface area contributed by atoms with E-state index in [2.05, 4.69) is 15.3 Å². The van der Waals surface area contributed by atoms with E-state index in [1.165, 1.54) is 11.3 Å². The lowest BCUT2D eigenvalue weighted by molar-refractivity contribution is -0.384.